The highest BCUT2D eigenvalue weighted by molar-refractivity contribution is 7.31. The van der Waals surface area contributed by atoms with Crippen molar-refractivity contribution in [3.05, 3.63) is 76.9 Å². The van der Waals surface area contributed by atoms with Gasteiger partial charge >= 0.3 is 8.24 Å². The molecule has 1 N–H and O–H groups in total. The van der Waals surface area contributed by atoms with Crippen LogP contribution in [0.15, 0.2) is 63.0 Å². The van der Waals surface area contributed by atoms with Crippen molar-refractivity contribution in [2.75, 3.05) is 11.9 Å². The fourth-order valence-electron chi connectivity index (χ4n) is 6.76. The molecule has 3 aromatic carbocycles. The predicted molar refractivity (Wildman–Crippen MR) is 205 cm³/mol. The monoisotopic (exact) mass is 703 g/mol. The number of anilines is 1. The highest BCUT2D eigenvalue weighted by Gasteiger charge is 2.56. The standard InChI is InChI=1S/C42H58NO6P/c1-38(2,3)25-20-28-29-21-26(39(4,5)6)23-31(41(10,11)12)34(29)48-50(47-33(28)30(22-25)40(7,8)9)49-35-32(24-43-27-18-16-15-17-19-27)44-37-36(35)45-42(13,14)46-37/h15-23,32,35-37,43H,24H2,1-14H3/t32-,35-,36-,37-/m1/s1. The Bertz CT molecular complexity index is 1810. The summed E-state index contributed by atoms with van der Waals surface area (Å²) >= 11 is 0. The van der Waals surface area contributed by atoms with Crippen LogP contribution in [0.1, 0.15) is 119 Å². The number of para-hydroxylation sites is 1. The van der Waals surface area contributed by atoms with Gasteiger partial charge in [-0.05, 0) is 70.9 Å². The van der Waals surface area contributed by atoms with Crippen molar-refractivity contribution in [2.24, 2.45) is 0 Å². The van der Waals surface area contributed by atoms with Gasteiger partial charge in [-0.3, -0.25) is 4.52 Å². The van der Waals surface area contributed by atoms with Crippen LogP contribution in [-0.4, -0.2) is 36.9 Å². The van der Waals surface area contributed by atoms with E-state index in [2.05, 4.69) is 113 Å². The van der Waals surface area contributed by atoms with Gasteiger partial charge in [0.05, 0.1) is 0 Å². The molecule has 4 aromatic rings. The van der Waals surface area contributed by atoms with E-state index in [0.717, 1.165) is 38.8 Å². The largest absolute Gasteiger partial charge is 0.399 e. The van der Waals surface area contributed by atoms with E-state index in [9.17, 15) is 0 Å². The van der Waals surface area contributed by atoms with Crippen molar-refractivity contribution in [1.29, 1.82) is 0 Å². The second-order valence-electron chi connectivity index (χ2n) is 18.7. The lowest BCUT2D eigenvalue weighted by Gasteiger charge is -2.27. The minimum atomic E-state index is -1.97. The van der Waals surface area contributed by atoms with Gasteiger partial charge in [0, 0.05) is 34.1 Å². The summed E-state index contributed by atoms with van der Waals surface area (Å²) in [5.74, 6) is -0.808. The first-order valence-electron chi connectivity index (χ1n) is 18.0. The van der Waals surface area contributed by atoms with Crippen LogP contribution in [0.5, 0.6) is 0 Å². The number of benzene rings is 3. The van der Waals surface area contributed by atoms with Crippen LogP contribution >= 0.6 is 8.24 Å². The van der Waals surface area contributed by atoms with E-state index in [0.29, 0.717) is 6.54 Å². The summed E-state index contributed by atoms with van der Waals surface area (Å²) in [7, 11) is -1.97. The average Bonchev–Trinajstić information content (AvgIpc) is 3.38. The fraction of sp³-hybridized carbons (Fsp3) is 0.571. The lowest BCUT2D eigenvalue weighted by Crippen LogP contribution is -2.41. The summed E-state index contributed by atoms with van der Waals surface area (Å²) in [6.45, 7) is 31.4. The number of ether oxygens (including phenoxy) is 3. The topological polar surface area (TPSA) is 75.2 Å². The van der Waals surface area contributed by atoms with E-state index in [1.807, 2.05) is 44.2 Å². The zero-order chi connectivity index (χ0) is 36.6. The van der Waals surface area contributed by atoms with Crippen LogP contribution < -0.4 is 9.84 Å². The van der Waals surface area contributed by atoms with Gasteiger partial charge in [-0.25, -0.2) is 0 Å². The molecule has 6 rings (SSSR count). The third-order valence-corrected chi connectivity index (χ3v) is 10.8. The molecule has 0 aliphatic carbocycles. The van der Waals surface area contributed by atoms with Gasteiger partial charge in [0.2, 0.25) is 0 Å². The maximum Gasteiger partial charge on any atom is 0.387 e. The van der Waals surface area contributed by atoms with Crippen molar-refractivity contribution < 1.29 is 27.1 Å². The summed E-state index contributed by atoms with van der Waals surface area (Å²) in [5, 5.41) is 5.58. The quantitative estimate of drug-likeness (QED) is 0.222. The predicted octanol–water partition coefficient (Wildman–Crippen LogP) is 11.3. The van der Waals surface area contributed by atoms with Crippen LogP contribution in [0.25, 0.3) is 21.9 Å². The molecule has 0 amide bonds. The molecule has 272 valence electrons. The molecule has 2 aliphatic rings. The van der Waals surface area contributed by atoms with Crippen molar-refractivity contribution >= 4 is 35.9 Å². The molecule has 50 heavy (non-hydrogen) atoms. The Balaban J connectivity index is 1.62. The molecule has 3 heterocycles. The molecule has 4 atom stereocenters. The minimum absolute atomic E-state index is 0.0835. The summed E-state index contributed by atoms with van der Waals surface area (Å²) in [6, 6.07) is 19.3. The molecule has 0 saturated carbocycles. The van der Waals surface area contributed by atoms with E-state index in [-0.39, 0.29) is 27.8 Å². The van der Waals surface area contributed by atoms with Crippen molar-refractivity contribution in [1.82, 2.24) is 0 Å². The SMILES string of the molecule is CC1(C)O[C@H]2O[C@H](CNc3ccccc3)[C@@H](Op3oc4c(C(C)(C)C)cc(C(C)(C)C)cc4c4cc(C(C)(C)C)cc(C(C)(C)C)c4o3)[C@H]2O1. The Hall–Kier alpha value is -2.80. The van der Waals surface area contributed by atoms with Crippen molar-refractivity contribution in [2.45, 2.75) is 149 Å². The molecular weight excluding hydrogens is 645 g/mol. The maximum atomic E-state index is 7.08. The molecular formula is C42H58NO6P. The average molecular weight is 704 g/mol. The molecule has 2 fully saturated rings. The number of nitrogens with one attached hydrogen (secondary N) is 1. The Labute approximate surface area is 300 Å². The molecule has 7 nitrogen and oxygen atoms in total. The second-order valence-corrected chi connectivity index (χ2v) is 19.7. The molecule has 0 bridgehead atoms. The van der Waals surface area contributed by atoms with E-state index < -0.39 is 32.5 Å². The van der Waals surface area contributed by atoms with Crippen LogP contribution in [-0.2, 0) is 35.9 Å². The van der Waals surface area contributed by atoms with Gasteiger partial charge in [-0.15, -0.1) is 0 Å². The zero-order valence-electron chi connectivity index (χ0n) is 32.6. The van der Waals surface area contributed by atoms with Crippen molar-refractivity contribution in [3.8, 4) is 0 Å². The van der Waals surface area contributed by atoms with Crippen molar-refractivity contribution in [3.63, 3.8) is 0 Å². The second kappa shape index (κ2) is 12.7. The van der Waals surface area contributed by atoms with Gasteiger partial charge < -0.3 is 27.9 Å². The Morgan fingerprint density at radius 2 is 1.18 bits per heavy atom. The molecule has 0 spiro atoms. The lowest BCUT2D eigenvalue weighted by molar-refractivity contribution is -0.210. The third kappa shape index (κ3) is 7.54. The molecule has 2 aliphatic heterocycles. The van der Waals surface area contributed by atoms with Crippen LogP contribution in [0.2, 0.25) is 0 Å². The van der Waals surface area contributed by atoms with E-state index >= 15 is 0 Å². The molecule has 0 radical (unpaired) electrons. The number of rotatable bonds is 5. The summed E-state index contributed by atoms with van der Waals surface area (Å²) < 4.78 is 40.3. The number of fused-ring (bicyclic) bond motifs is 4. The summed E-state index contributed by atoms with van der Waals surface area (Å²) in [5.41, 5.74) is 6.74. The molecule has 2 saturated heterocycles. The molecule has 0 unspecified atom stereocenters. The van der Waals surface area contributed by atoms with Gasteiger partial charge in [0.1, 0.15) is 29.5 Å². The van der Waals surface area contributed by atoms with Crippen LogP contribution in [0.3, 0.4) is 0 Å². The van der Waals surface area contributed by atoms with Gasteiger partial charge in [0.15, 0.2) is 12.1 Å². The first kappa shape index (κ1) is 37.0. The molecule has 8 heteroatoms. The first-order valence-corrected chi connectivity index (χ1v) is 19.1. The summed E-state index contributed by atoms with van der Waals surface area (Å²) in [4.78, 5) is 0. The smallest absolute Gasteiger partial charge is 0.387 e. The van der Waals surface area contributed by atoms with Crippen LogP contribution in [0, 0.1) is 0 Å². The normalized spacial score (nSPS) is 22.7. The fourth-order valence-corrected chi connectivity index (χ4v) is 8.03. The highest BCUT2D eigenvalue weighted by Crippen LogP contribution is 2.47. The zero-order valence-corrected chi connectivity index (χ0v) is 33.5. The van der Waals surface area contributed by atoms with Crippen LogP contribution in [0.4, 0.5) is 5.69 Å². The summed E-state index contributed by atoms with van der Waals surface area (Å²) in [6.07, 6.45) is -1.93. The minimum Gasteiger partial charge on any atom is -0.399 e. The van der Waals surface area contributed by atoms with E-state index in [1.54, 1.807) is 0 Å². The maximum absolute atomic E-state index is 7.08. The number of hydrogen-bond donors (Lipinski definition) is 1. The molecule has 1 aromatic heterocycles. The first-order chi connectivity index (χ1) is 23.0. The lowest BCUT2D eigenvalue weighted by atomic mass is 9.77. The van der Waals surface area contributed by atoms with E-state index in [4.69, 9.17) is 27.1 Å². The third-order valence-electron chi connectivity index (χ3n) is 9.72. The number of hydrogen-bond acceptors (Lipinski definition) is 7. The Morgan fingerprint density at radius 3 is 1.64 bits per heavy atom. The van der Waals surface area contributed by atoms with Gasteiger partial charge in [0.25, 0.3) is 0 Å². The highest BCUT2D eigenvalue weighted by atomic mass is 31.1. The Morgan fingerprint density at radius 1 is 0.680 bits per heavy atom. The Kier molecular flexibility index (Phi) is 9.39. The van der Waals surface area contributed by atoms with Gasteiger partial charge in [-0.1, -0.05) is 113 Å². The van der Waals surface area contributed by atoms with E-state index in [1.165, 1.54) is 11.1 Å². The van der Waals surface area contributed by atoms with Gasteiger partial charge in [-0.2, -0.15) is 0 Å².